The molecule has 0 saturated carbocycles. The van der Waals surface area contributed by atoms with Crippen molar-refractivity contribution in [2.45, 2.75) is 30.3 Å². The quantitative estimate of drug-likeness (QED) is 0.910. The van der Waals surface area contributed by atoms with Crippen LogP contribution in [0, 0.1) is 5.92 Å². The van der Waals surface area contributed by atoms with Crippen LogP contribution in [0.15, 0.2) is 23.2 Å². The predicted molar refractivity (Wildman–Crippen MR) is 72.4 cm³/mol. The Morgan fingerprint density at radius 3 is 2.64 bits per heavy atom. The molecule has 9 heteroatoms. The minimum Gasteiger partial charge on any atom is -0.396 e. The van der Waals surface area contributed by atoms with Gasteiger partial charge in [-0.1, -0.05) is 0 Å². The van der Waals surface area contributed by atoms with E-state index in [1.807, 2.05) is 0 Å². The number of aliphatic hydroxyl groups excluding tert-OH is 1. The Bertz CT molecular complexity index is 600. The van der Waals surface area contributed by atoms with E-state index in [1.165, 1.54) is 4.31 Å². The standard InChI is InChI=1S/C13H17F3N2O3S/c14-13(15,16)12-4-3-11(8-17-12)22(20,21)18-6-1-2-10(9-18)5-7-19/h3-4,8,10,19H,1-2,5-7,9H2. The normalized spacial score (nSPS) is 21.0. The number of sulfonamides is 1. The number of halogens is 3. The van der Waals surface area contributed by atoms with Gasteiger partial charge in [0.05, 0.1) is 0 Å². The van der Waals surface area contributed by atoms with E-state index in [1.54, 1.807) is 0 Å². The summed E-state index contributed by atoms with van der Waals surface area (Å²) in [7, 11) is -3.85. The minimum atomic E-state index is -4.60. The van der Waals surface area contributed by atoms with Crippen molar-refractivity contribution >= 4 is 10.0 Å². The number of aromatic nitrogens is 1. The summed E-state index contributed by atoms with van der Waals surface area (Å²) in [6.45, 7) is 0.579. The average Bonchev–Trinajstić information content (AvgIpc) is 2.47. The molecule has 1 unspecified atom stereocenters. The zero-order valence-corrected chi connectivity index (χ0v) is 12.6. The Hall–Kier alpha value is -1.19. The maximum atomic E-state index is 12.5. The number of hydrogen-bond acceptors (Lipinski definition) is 4. The van der Waals surface area contributed by atoms with Crippen LogP contribution in [0.5, 0.6) is 0 Å². The number of rotatable bonds is 4. The lowest BCUT2D eigenvalue weighted by Gasteiger charge is -2.31. The molecule has 22 heavy (non-hydrogen) atoms. The lowest BCUT2D eigenvalue weighted by atomic mass is 9.97. The lowest BCUT2D eigenvalue weighted by Crippen LogP contribution is -2.40. The Morgan fingerprint density at radius 2 is 2.09 bits per heavy atom. The first-order valence-corrected chi connectivity index (χ1v) is 8.33. The third-order valence-electron chi connectivity index (χ3n) is 3.68. The van der Waals surface area contributed by atoms with Crippen molar-refractivity contribution in [2.75, 3.05) is 19.7 Å². The molecule has 2 heterocycles. The van der Waals surface area contributed by atoms with Gasteiger partial charge in [0.2, 0.25) is 10.0 Å². The summed E-state index contributed by atoms with van der Waals surface area (Å²) in [5.74, 6) is 0.0657. The molecule has 1 saturated heterocycles. The molecule has 0 bridgehead atoms. The van der Waals surface area contributed by atoms with Gasteiger partial charge in [0, 0.05) is 25.9 Å². The first kappa shape index (κ1) is 17.2. The molecule has 0 spiro atoms. The fraction of sp³-hybridized carbons (Fsp3) is 0.615. The van der Waals surface area contributed by atoms with Crippen LogP contribution in [0.3, 0.4) is 0 Å². The number of hydrogen-bond donors (Lipinski definition) is 1. The molecule has 2 rings (SSSR count). The Morgan fingerprint density at radius 1 is 1.36 bits per heavy atom. The van der Waals surface area contributed by atoms with Gasteiger partial charge >= 0.3 is 6.18 Å². The first-order chi connectivity index (χ1) is 10.2. The van der Waals surface area contributed by atoms with Gasteiger partial charge in [-0.2, -0.15) is 17.5 Å². The fourth-order valence-corrected chi connectivity index (χ4v) is 4.01. The van der Waals surface area contributed by atoms with Crippen LogP contribution in [0.2, 0.25) is 0 Å². The zero-order valence-electron chi connectivity index (χ0n) is 11.8. The highest BCUT2D eigenvalue weighted by Gasteiger charge is 2.34. The summed E-state index contributed by atoms with van der Waals surface area (Å²) < 4.78 is 63.5. The van der Waals surface area contributed by atoms with Crippen molar-refractivity contribution in [1.29, 1.82) is 0 Å². The van der Waals surface area contributed by atoms with Crippen molar-refractivity contribution in [3.05, 3.63) is 24.0 Å². The van der Waals surface area contributed by atoms with Crippen LogP contribution in [0.1, 0.15) is 25.0 Å². The summed E-state index contributed by atoms with van der Waals surface area (Å²) in [6.07, 6.45) is -1.85. The van der Waals surface area contributed by atoms with Crippen molar-refractivity contribution in [3.63, 3.8) is 0 Å². The van der Waals surface area contributed by atoms with Crippen LogP contribution in [-0.2, 0) is 16.2 Å². The van der Waals surface area contributed by atoms with Crippen LogP contribution in [0.25, 0.3) is 0 Å². The van der Waals surface area contributed by atoms with Crippen LogP contribution in [0.4, 0.5) is 13.2 Å². The Balaban J connectivity index is 2.19. The number of aliphatic hydroxyl groups is 1. The van der Waals surface area contributed by atoms with Crippen LogP contribution >= 0.6 is 0 Å². The lowest BCUT2D eigenvalue weighted by molar-refractivity contribution is -0.141. The molecule has 1 atom stereocenters. The molecular weight excluding hydrogens is 321 g/mol. The molecule has 124 valence electrons. The van der Waals surface area contributed by atoms with E-state index >= 15 is 0 Å². The van der Waals surface area contributed by atoms with Gasteiger partial charge in [0.1, 0.15) is 10.6 Å². The molecule has 1 N–H and O–H groups in total. The summed E-state index contributed by atoms with van der Waals surface area (Å²) in [6, 6.07) is 1.60. The first-order valence-electron chi connectivity index (χ1n) is 6.89. The van der Waals surface area contributed by atoms with E-state index in [2.05, 4.69) is 4.98 Å². The molecule has 1 aromatic rings. The summed E-state index contributed by atoms with van der Waals surface area (Å²) in [4.78, 5) is 2.95. The minimum absolute atomic E-state index is 0.0135. The summed E-state index contributed by atoms with van der Waals surface area (Å²) in [5.41, 5.74) is -1.12. The molecular formula is C13H17F3N2O3S. The maximum Gasteiger partial charge on any atom is 0.433 e. The number of pyridine rings is 1. The smallest absolute Gasteiger partial charge is 0.396 e. The molecule has 0 radical (unpaired) electrons. The van der Waals surface area contributed by atoms with E-state index in [-0.39, 0.29) is 24.0 Å². The second kappa shape index (κ2) is 6.51. The number of nitrogens with zero attached hydrogens (tertiary/aromatic N) is 2. The van der Waals surface area contributed by atoms with Gasteiger partial charge in [0.25, 0.3) is 0 Å². The van der Waals surface area contributed by atoms with E-state index in [9.17, 15) is 21.6 Å². The van der Waals surface area contributed by atoms with Crippen molar-refractivity contribution < 1.29 is 26.7 Å². The highest BCUT2D eigenvalue weighted by Crippen LogP contribution is 2.29. The molecule has 0 aliphatic carbocycles. The van der Waals surface area contributed by atoms with Crippen LogP contribution < -0.4 is 0 Å². The van der Waals surface area contributed by atoms with E-state index in [0.717, 1.165) is 18.7 Å². The third-order valence-corrected chi connectivity index (χ3v) is 5.53. The van der Waals surface area contributed by atoms with Gasteiger partial charge in [-0.05, 0) is 37.3 Å². The molecule has 1 aliphatic heterocycles. The third kappa shape index (κ3) is 3.76. The molecule has 5 nitrogen and oxygen atoms in total. The van der Waals surface area contributed by atoms with E-state index < -0.39 is 21.9 Å². The van der Waals surface area contributed by atoms with E-state index in [0.29, 0.717) is 25.5 Å². The van der Waals surface area contributed by atoms with Crippen molar-refractivity contribution in [1.82, 2.24) is 9.29 Å². The largest absolute Gasteiger partial charge is 0.433 e. The SMILES string of the molecule is O=S(=O)(c1ccc(C(F)(F)F)nc1)N1CCCC(CCO)C1. The van der Waals surface area contributed by atoms with Crippen LogP contribution in [-0.4, -0.2) is 42.5 Å². The Kier molecular flexibility index (Phi) is 5.08. The fourth-order valence-electron chi connectivity index (χ4n) is 2.51. The topological polar surface area (TPSA) is 70.5 Å². The average molecular weight is 338 g/mol. The van der Waals surface area contributed by atoms with Gasteiger partial charge in [0.15, 0.2) is 0 Å². The summed E-state index contributed by atoms with van der Waals surface area (Å²) in [5, 5.41) is 8.95. The zero-order chi connectivity index (χ0) is 16.4. The maximum absolute atomic E-state index is 12.5. The second-order valence-electron chi connectivity index (χ2n) is 5.26. The second-order valence-corrected chi connectivity index (χ2v) is 7.20. The molecule has 1 fully saturated rings. The molecule has 0 amide bonds. The molecule has 0 aromatic carbocycles. The number of piperidine rings is 1. The van der Waals surface area contributed by atoms with Gasteiger partial charge in [-0.3, -0.25) is 4.98 Å². The van der Waals surface area contributed by atoms with E-state index in [4.69, 9.17) is 5.11 Å². The van der Waals surface area contributed by atoms with Crippen molar-refractivity contribution in [3.8, 4) is 0 Å². The molecule has 1 aliphatic rings. The summed E-state index contributed by atoms with van der Waals surface area (Å²) >= 11 is 0. The van der Waals surface area contributed by atoms with Gasteiger partial charge in [-0.25, -0.2) is 8.42 Å². The number of alkyl halides is 3. The van der Waals surface area contributed by atoms with Crippen molar-refractivity contribution in [2.24, 2.45) is 5.92 Å². The monoisotopic (exact) mass is 338 g/mol. The highest BCUT2D eigenvalue weighted by atomic mass is 32.2. The molecule has 1 aromatic heterocycles. The predicted octanol–water partition coefficient (Wildman–Crippen LogP) is 1.88. The highest BCUT2D eigenvalue weighted by molar-refractivity contribution is 7.89. The Labute approximate surface area is 126 Å². The van der Waals surface area contributed by atoms with Gasteiger partial charge < -0.3 is 5.11 Å². The van der Waals surface area contributed by atoms with Gasteiger partial charge in [-0.15, -0.1) is 0 Å².